The molecule has 0 bridgehead atoms. The number of nitrogens with zero attached hydrogens (tertiary/aromatic N) is 1. The van der Waals surface area contributed by atoms with Crippen molar-refractivity contribution in [1.82, 2.24) is 4.90 Å². The summed E-state index contributed by atoms with van der Waals surface area (Å²) in [4.78, 5) is 13.8. The fraction of sp³-hybridized carbons (Fsp3) is 0.923. The summed E-state index contributed by atoms with van der Waals surface area (Å²) in [6, 6.07) is 0.547. The van der Waals surface area contributed by atoms with Crippen molar-refractivity contribution >= 4 is 5.97 Å². The Morgan fingerprint density at radius 2 is 2.00 bits per heavy atom. The van der Waals surface area contributed by atoms with Gasteiger partial charge in [0.05, 0.1) is 5.41 Å². The average Bonchev–Trinajstić information content (AvgIpc) is 2.28. The van der Waals surface area contributed by atoms with E-state index in [1.54, 1.807) is 0 Å². The van der Waals surface area contributed by atoms with E-state index in [0.29, 0.717) is 6.04 Å². The lowest BCUT2D eigenvalue weighted by atomic mass is 9.81. The summed E-state index contributed by atoms with van der Waals surface area (Å²) in [5.41, 5.74) is -0.536. The van der Waals surface area contributed by atoms with E-state index in [-0.39, 0.29) is 0 Å². The van der Waals surface area contributed by atoms with Gasteiger partial charge in [0.25, 0.3) is 0 Å². The molecule has 16 heavy (non-hydrogen) atoms. The Morgan fingerprint density at radius 3 is 2.44 bits per heavy atom. The third-order valence-electron chi connectivity index (χ3n) is 4.25. The predicted octanol–water partition coefficient (Wildman–Crippen LogP) is 2.75. The minimum atomic E-state index is -0.629. The zero-order chi connectivity index (χ0) is 12.2. The van der Waals surface area contributed by atoms with E-state index in [2.05, 4.69) is 11.8 Å². The standard InChI is InChI=1S/C13H25NO2/c1-4-13(5-2,12(15)16)10-14-9-7-6-8-11(14)3/h11H,4-10H2,1-3H3,(H,15,16). The van der Waals surface area contributed by atoms with E-state index in [1.165, 1.54) is 19.3 Å². The summed E-state index contributed by atoms with van der Waals surface area (Å²) in [6.45, 7) is 7.99. The van der Waals surface area contributed by atoms with E-state index >= 15 is 0 Å². The van der Waals surface area contributed by atoms with E-state index in [1.807, 2.05) is 13.8 Å². The maximum atomic E-state index is 11.4. The van der Waals surface area contributed by atoms with Crippen molar-refractivity contribution in [1.29, 1.82) is 0 Å². The van der Waals surface area contributed by atoms with Gasteiger partial charge in [-0.15, -0.1) is 0 Å². The Balaban J connectivity index is 2.70. The Hall–Kier alpha value is -0.570. The third-order valence-corrected chi connectivity index (χ3v) is 4.25. The van der Waals surface area contributed by atoms with Crippen molar-refractivity contribution in [3.63, 3.8) is 0 Å². The molecule has 1 heterocycles. The molecule has 1 atom stereocenters. The lowest BCUT2D eigenvalue weighted by Gasteiger charge is -2.39. The number of carboxylic acid groups (broad SMARTS) is 1. The topological polar surface area (TPSA) is 40.5 Å². The summed E-state index contributed by atoms with van der Waals surface area (Å²) in [6.07, 6.45) is 5.16. The maximum absolute atomic E-state index is 11.4. The smallest absolute Gasteiger partial charge is 0.310 e. The van der Waals surface area contributed by atoms with Crippen molar-refractivity contribution in [2.24, 2.45) is 5.41 Å². The van der Waals surface area contributed by atoms with Crippen LogP contribution in [0.3, 0.4) is 0 Å². The fourth-order valence-electron chi connectivity index (χ4n) is 2.62. The zero-order valence-electron chi connectivity index (χ0n) is 10.8. The summed E-state index contributed by atoms with van der Waals surface area (Å²) >= 11 is 0. The molecule has 1 unspecified atom stereocenters. The molecule has 0 spiro atoms. The Kier molecular flexibility index (Phi) is 4.78. The Bertz CT molecular complexity index is 236. The molecule has 0 radical (unpaired) electrons. The van der Waals surface area contributed by atoms with E-state index in [0.717, 1.165) is 25.9 Å². The second kappa shape index (κ2) is 5.67. The number of likely N-dealkylation sites (tertiary alicyclic amines) is 1. The van der Waals surface area contributed by atoms with Crippen LogP contribution in [0.1, 0.15) is 52.9 Å². The predicted molar refractivity (Wildman–Crippen MR) is 65.5 cm³/mol. The minimum Gasteiger partial charge on any atom is -0.481 e. The highest BCUT2D eigenvalue weighted by atomic mass is 16.4. The second-order valence-corrected chi connectivity index (χ2v) is 5.11. The average molecular weight is 227 g/mol. The first-order valence-corrected chi connectivity index (χ1v) is 6.53. The molecule has 0 aliphatic carbocycles. The summed E-state index contributed by atoms with van der Waals surface area (Å²) < 4.78 is 0. The highest BCUT2D eigenvalue weighted by Crippen LogP contribution is 2.30. The molecule has 1 saturated heterocycles. The molecule has 3 heteroatoms. The van der Waals surface area contributed by atoms with Crippen LogP contribution in [0.2, 0.25) is 0 Å². The van der Waals surface area contributed by atoms with Gasteiger partial charge in [0.15, 0.2) is 0 Å². The third kappa shape index (κ3) is 2.76. The molecule has 0 saturated carbocycles. The van der Waals surface area contributed by atoms with Crippen LogP contribution in [0.5, 0.6) is 0 Å². The van der Waals surface area contributed by atoms with Crippen LogP contribution < -0.4 is 0 Å². The van der Waals surface area contributed by atoms with E-state index in [4.69, 9.17) is 0 Å². The SMILES string of the molecule is CCC(CC)(CN1CCCCC1C)C(=O)O. The first-order valence-electron chi connectivity index (χ1n) is 6.53. The second-order valence-electron chi connectivity index (χ2n) is 5.11. The van der Waals surface area contributed by atoms with Crippen LogP contribution in [0.4, 0.5) is 0 Å². The van der Waals surface area contributed by atoms with Gasteiger partial charge in [-0.3, -0.25) is 9.69 Å². The van der Waals surface area contributed by atoms with Crippen LogP contribution in [-0.2, 0) is 4.79 Å². The summed E-state index contributed by atoms with van der Waals surface area (Å²) in [7, 11) is 0. The van der Waals surface area contributed by atoms with Gasteiger partial charge in [0.2, 0.25) is 0 Å². The monoisotopic (exact) mass is 227 g/mol. The van der Waals surface area contributed by atoms with Gasteiger partial charge in [-0.1, -0.05) is 20.3 Å². The Labute approximate surface area is 98.8 Å². The largest absolute Gasteiger partial charge is 0.481 e. The molecular formula is C13H25NO2. The normalized spacial score (nSPS) is 23.3. The lowest BCUT2D eigenvalue weighted by molar-refractivity contribution is -0.151. The van der Waals surface area contributed by atoms with Crippen LogP contribution in [-0.4, -0.2) is 35.1 Å². The van der Waals surface area contributed by atoms with Crippen molar-refractivity contribution in [3.8, 4) is 0 Å². The molecule has 0 amide bonds. The van der Waals surface area contributed by atoms with E-state index in [9.17, 15) is 9.90 Å². The molecular weight excluding hydrogens is 202 g/mol. The molecule has 1 N–H and O–H groups in total. The van der Waals surface area contributed by atoms with Crippen molar-refractivity contribution in [2.45, 2.75) is 58.9 Å². The highest BCUT2D eigenvalue weighted by molar-refractivity contribution is 5.74. The van der Waals surface area contributed by atoms with Gasteiger partial charge < -0.3 is 5.11 Å². The van der Waals surface area contributed by atoms with Crippen LogP contribution in [0.25, 0.3) is 0 Å². The highest BCUT2D eigenvalue weighted by Gasteiger charge is 2.38. The number of carbonyl (C=O) groups is 1. The Morgan fingerprint density at radius 1 is 1.38 bits per heavy atom. The van der Waals surface area contributed by atoms with Crippen molar-refractivity contribution < 1.29 is 9.90 Å². The molecule has 0 aromatic carbocycles. The summed E-state index contributed by atoms with van der Waals surface area (Å²) in [5.74, 6) is -0.629. The first-order chi connectivity index (χ1) is 7.55. The number of aliphatic carboxylic acids is 1. The maximum Gasteiger partial charge on any atom is 0.310 e. The molecule has 1 aliphatic heterocycles. The van der Waals surface area contributed by atoms with Crippen LogP contribution in [0.15, 0.2) is 0 Å². The van der Waals surface area contributed by atoms with Gasteiger partial charge >= 0.3 is 5.97 Å². The van der Waals surface area contributed by atoms with Gasteiger partial charge in [-0.05, 0) is 39.2 Å². The zero-order valence-corrected chi connectivity index (χ0v) is 10.8. The first kappa shape index (κ1) is 13.5. The van der Waals surface area contributed by atoms with E-state index < -0.39 is 11.4 Å². The van der Waals surface area contributed by atoms with Crippen LogP contribution in [0, 0.1) is 5.41 Å². The van der Waals surface area contributed by atoms with Gasteiger partial charge in [-0.25, -0.2) is 0 Å². The molecule has 0 aromatic rings. The van der Waals surface area contributed by atoms with Gasteiger partial charge in [0, 0.05) is 12.6 Å². The number of hydrogen-bond donors (Lipinski definition) is 1. The molecule has 0 aromatic heterocycles. The van der Waals surface area contributed by atoms with Crippen molar-refractivity contribution in [2.75, 3.05) is 13.1 Å². The molecule has 1 fully saturated rings. The lowest BCUT2D eigenvalue weighted by Crippen LogP contribution is -2.47. The van der Waals surface area contributed by atoms with Gasteiger partial charge in [0.1, 0.15) is 0 Å². The minimum absolute atomic E-state index is 0.536. The number of carboxylic acids is 1. The molecule has 94 valence electrons. The fourth-order valence-corrected chi connectivity index (χ4v) is 2.62. The summed E-state index contributed by atoms with van der Waals surface area (Å²) in [5, 5.41) is 9.41. The number of piperidine rings is 1. The molecule has 1 rings (SSSR count). The van der Waals surface area contributed by atoms with Crippen LogP contribution >= 0.6 is 0 Å². The number of hydrogen-bond acceptors (Lipinski definition) is 2. The molecule has 1 aliphatic rings. The van der Waals surface area contributed by atoms with Gasteiger partial charge in [-0.2, -0.15) is 0 Å². The number of rotatable bonds is 5. The molecule has 3 nitrogen and oxygen atoms in total. The quantitative estimate of drug-likeness (QED) is 0.785. The van der Waals surface area contributed by atoms with Crippen molar-refractivity contribution in [3.05, 3.63) is 0 Å².